The molecule has 6 heteroatoms. The van der Waals surface area contributed by atoms with Crippen LogP contribution in [0.1, 0.15) is 31.0 Å². The molecule has 0 bridgehead atoms. The van der Waals surface area contributed by atoms with Crippen LogP contribution in [0.5, 0.6) is 0 Å². The van der Waals surface area contributed by atoms with Gasteiger partial charge in [0.05, 0.1) is 17.2 Å². The summed E-state index contributed by atoms with van der Waals surface area (Å²) in [6.07, 6.45) is 1.17. The van der Waals surface area contributed by atoms with Crippen molar-refractivity contribution in [2.75, 3.05) is 34.2 Å². The Bertz CT molecular complexity index is 443. The minimum absolute atomic E-state index is 0.615. The van der Waals surface area contributed by atoms with Gasteiger partial charge in [0.15, 0.2) is 5.96 Å². The van der Waals surface area contributed by atoms with E-state index in [0.29, 0.717) is 6.04 Å². The lowest BCUT2D eigenvalue weighted by Gasteiger charge is -2.25. The topological polar surface area (TPSA) is 43.8 Å². The molecule has 1 aromatic heterocycles. The van der Waals surface area contributed by atoms with Crippen LogP contribution in [0, 0.1) is 6.92 Å². The summed E-state index contributed by atoms with van der Waals surface area (Å²) in [5.41, 5.74) is 1.10. The molecule has 21 heavy (non-hydrogen) atoms. The predicted octanol–water partition coefficient (Wildman–Crippen LogP) is 2.19. The van der Waals surface area contributed by atoms with Gasteiger partial charge >= 0.3 is 0 Å². The lowest BCUT2D eigenvalue weighted by molar-refractivity contribution is 0.255. The van der Waals surface area contributed by atoms with Gasteiger partial charge in [-0.25, -0.2) is 4.98 Å². The number of likely N-dealkylation sites (N-methyl/N-ethyl adjacent to an activating group) is 1. The van der Waals surface area contributed by atoms with E-state index < -0.39 is 0 Å². The Morgan fingerprint density at radius 3 is 2.71 bits per heavy atom. The van der Waals surface area contributed by atoms with Crippen LogP contribution in [-0.2, 0) is 6.54 Å². The number of nitrogens with zero attached hydrogens (tertiary/aromatic N) is 4. The summed E-state index contributed by atoms with van der Waals surface area (Å²) in [4.78, 5) is 13.3. The maximum Gasteiger partial charge on any atom is 0.193 e. The lowest BCUT2D eigenvalue weighted by atomic mass is 10.2. The third-order valence-corrected chi connectivity index (χ3v) is 4.55. The third-order valence-electron chi connectivity index (χ3n) is 3.73. The largest absolute Gasteiger partial charge is 0.355 e. The second-order valence-corrected chi connectivity index (χ2v) is 6.49. The van der Waals surface area contributed by atoms with Crippen molar-refractivity contribution < 1.29 is 0 Å². The highest BCUT2D eigenvalue weighted by Gasteiger charge is 2.10. The number of hydrogen-bond acceptors (Lipinski definition) is 4. The van der Waals surface area contributed by atoms with E-state index in [1.165, 1.54) is 6.42 Å². The van der Waals surface area contributed by atoms with Crippen LogP contribution < -0.4 is 5.32 Å². The monoisotopic (exact) mass is 311 g/mol. The molecule has 1 N–H and O–H groups in total. The molecule has 1 unspecified atom stereocenters. The summed E-state index contributed by atoms with van der Waals surface area (Å²) in [6.45, 7) is 9.20. The minimum atomic E-state index is 0.615. The molecule has 0 amide bonds. The smallest absolute Gasteiger partial charge is 0.193 e. The van der Waals surface area contributed by atoms with Crippen molar-refractivity contribution in [1.82, 2.24) is 20.1 Å². The van der Waals surface area contributed by atoms with Crippen LogP contribution in [0.25, 0.3) is 0 Å². The third kappa shape index (κ3) is 6.01. The predicted molar refractivity (Wildman–Crippen MR) is 92.1 cm³/mol. The van der Waals surface area contributed by atoms with E-state index in [1.54, 1.807) is 11.3 Å². The highest BCUT2D eigenvalue weighted by atomic mass is 32.1. The fraction of sp³-hybridized carbons (Fsp3) is 0.733. The van der Waals surface area contributed by atoms with Crippen molar-refractivity contribution in [3.63, 3.8) is 0 Å². The Labute approximate surface area is 133 Å². The van der Waals surface area contributed by atoms with Crippen LogP contribution in [0.3, 0.4) is 0 Å². The zero-order chi connectivity index (χ0) is 15.8. The second-order valence-electron chi connectivity index (χ2n) is 5.43. The average molecular weight is 311 g/mol. The molecule has 0 aliphatic heterocycles. The molecule has 1 aromatic rings. The number of thiazole rings is 1. The van der Waals surface area contributed by atoms with Crippen LogP contribution in [0.2, 0.25) is 0 Å². The first-order valence-corrected chi connectivity index (χ1v) is 8.38. The summed E-state index contributed by atoms with van der Waals surface area (Å²) in [7, 11) is 6.03. The molecule has 0 saturated heterocycles. The normalized spacial score (nSPS) is 13.6. The summed E-state index contributed by atoms with van der Waals surface area (Å²) in [5.74, 6) is 0.915. The molecular weight excluding hydrogens is 282 g/mol. The van der Waals surface area contributed by atoms with E-state index in [0.717, 1.165) is 36.3 Å². The number of hydrogen-bond donors (Lipinski definition) is 1. The van der Waals surface area contributed by atoms with Gasteiger partial charge in [0.2, 0.25) is 0 Å². The maximum absolute atomic E-state index is 4.50. The van der Waals surface area contributed by atoms with Crippen LogP contribution in [-0.4, -0.2) is 61.0 Å². The molecule has 1 rings (SSSR count). The van der Waals surface area contributed by atoms with Gasteiger partial charge in [-0.15, -0.1) is 11.3 Å². The first-order valence-electron chi connectivity index (χ1n) is 7.51. The van der Waals surface area contributed by atoms with Crippen molar-refractivity contribution in [2.24, 2.45) is 4.99 Å². The fourth-order valence-corrected chi connectivity index (χ4v) is 2.66. The summed E-state index contributed by atoms with van der Waals surface area (Å²) >= 11 is 1.69. The number of rotatable bonds is 7. The van der Waals surface area contributed by atoms with Gasteiger partial charge in [0.1, 0.15) is 0 Å². The molecule has 1 heterocycles. The Balaban J connectivity index is 2.40. The van der Waals surface area contributed by atoms with Gasteiger partial charge in [0, 0.05) is 38.6 Å². The van der Waals surface area contributed by atoms with Crippen molar-refractivity contribution in [2.45, 2.75) is 39.8 Å². The van der Waals surface area contributed by atoms with Crippen molar-refractivity contribution in [3.8, 4) is 0 Å². The molecule has 0 saturated carbocycles. The van der Waals surface area contributed by atoms with Gasteiger partial charge in [-0.2, -0.15) is 0 Å². The first kappa shape index (κ1) is 17.9. The highest BCUT2D eigenvalue weighted by Crippen LogP contribution is 2.09. The summed E-state index contributed by atoms with van der Waals surface area (Å²) in [6, 6.07) is 0.615. The molecule has 0 radical (unpaired) electrons. The summed E-state index contributed by atoms with van der Waals surface area (Å²) in [5, 5.41) is 6.63. The van der Waals surface area contributed by atoms with Gasteiger partial charge in [-0.3, -0.25) is 4.99 Å². The number of nitrogens with one attached hydrogen (secondary N) is 1. The van der Waals surface area contributed by atoms with E-state index in [-0.39, 0.29) is 0 Å². The van der Waals surface area contributed by atoms with Crippen LogP contribution in [0.4, 0.5) is 0 Å². The van der Waals surface area contributed by atoms with Crippen LogP contribution in [0.15, 0.2) is 10.4 Å². The van der Waals surface area contributed by atoms with Crippen LogP contribution >= 0.6 is 11.3 Å². The molecule has 0 spiro atoms. The second kappa shape index (κ2) is 9.00. The standard InChI is InChI=1S/C15H29N5S/c1-7-12(2)19(5)9-8-17-15(16-4)20(6)10-14-11-21-13(3)18-14/h11-12H,7-10H2,1-6H3,(H,16,17). The lowest BCUT2D eigenvalue weighted by Crippen LogP contribution is -2.43. The maximum atomic E-state index is 4.50. The minimum Gasteiger partial charge on any atom is -0.355 e. The van der Waals surface area contributed by atoms with E-state index in [4.69, 9.17) is 0 Å². The van der Waals surface area contributed by atoms with Gasteiger partial charge in [0.25, 0.3) is 0 Å². The molecule has 1 atom stereocenters. The first-order chi connectivity index (χ1) is 9.97. The number of aliphatic imine (C=N–C) groups is 1. The summed E-state index contributed by atoms with van der Waals surface area (Å²) < 4.78 is 0. The number of aryl methyl sites for hydroxylation is 1. The average Bonchev–Trinajstić information content (AvgIpc) is 2.87. The van der Waals surface area contributed by atoms with Gasteiger partial charge in [-0.05, 0) is 27.3 Å². The van der Waals surface area contributed by atoms with E-state index in [9.17, 15) is 0 Å². The molecule has 0 aromatic carbocycles. The highest BCUT2D eigenvalue weighted by molar-refractivity contribution is 7.09. The zero-order valence-electron chi connectivity index (χ0n) is 14.2. The number of aromatic nitrogens is 1. The van der Waals surface area contributed by atoms with Crippen molar-refractivity contribution in [1.29, 1.82) is 0 Å². The van der Waals surface area contributed by atoms with Crippen molar-refractivity contribution >= 4 is 17.3 Å². The molecule has 0 aliphatic rings. The van der Waals surface area contributed by atoms with E-state index >= 15 is 0 Å². The molecule has 5 nitrogen and oxygen atoms in total. The van der Waals surface area contributed by atoms with E-state index in [2.05, 4.69) is 51.4 Å². The molecule has 120 valence electrons. The Hall–Kier alpha value is -1.14. The Kier molecular flexibility index (Phi) is 7.67. The quantitative estimate of drug-likeness (QED) is 0.619. The Morgan fingerprint density at radius 1 is 1.48 bits per heavy atom. The number of guanidine groups is 1. The van der Waals surface area contributed by atoms with Crippen molar-refractivity contribution in [3.05, 3.63) is 16.1 Å². The fourth-order valence-electron chi connectivity index (χ4n) is 2.06. The van der Waals surface area contributed by atoms with Gasteiger partial charge < -0.3 is 15.1 Å². The molecular formula is C15H29N5S. The van der Waals surface area contributed by atoms with E-state index in [1.807, 2.05) is 21.0 Å². The molecule has 0 aliphatic carbocycles. The Morgan fingerprint density at radius 2 is 2.19 bits per heavy atom. The zero-order valence-corrected chi connectivity index (χ0v) is 15.0. The SMILES string of the molecule is CCC(C)N(C)CCNC(=NC)N(C)Cc1csc(C)n1. The molecule has 0 fully saturated rings. The van der Waals surface area contributed by atoms with Gasteiger partial charge in [-0.1, -0.05) is 6.92 Å².